The lowest BCUT2D eigenvalue weighted by Crippen LogP contribution is -2.29. The second-order valence-electron chi connectivity index (χ2n) is 3.51. The molecular weight excluding hydrogens is 124 g/mol. The molecule has 10 heavy (non-hydrogen) atoms. The Morgan fingerprint density at radius 1 is 1.30 bits per heavy atom. The summed E-state index contributed by atoms with van der Waals surface area (Å²) in [6.45, 7) is 6.01. The normalized spacial score (nSPS) is 45.9. The van der Waals surface area contributed by atoms with E-state index in [0.29, 0.717) is 0 Å². The van der Waals surface area contributed by atoms with E-state index in [9.17, 15) is 0 Å². The van der Waals surface area contributed by atoms with Gasteiger partial charge < -0.3 is 10.6 Å². The van der Waals surface area contributed by atoms with E-state index in [0.717, 1.165) is 17.9 Å². The van der Waals surface area contributed by atoms with Crippen molar-refractivity contribution in [2.75, 3.05) is 19.6 Å². The summed E-state index contributed by atoms with van der Waals surface area (Å²) in [5.41, 5.74) is 0. The minimum atomic E-state index is 0.806. The summed E-state index contributed by atoms with van der Waals surface area (Å²) in [4.78, 5) is 0. The Morgan fingerprint density at radius 2 is 2.20 bits per heavy atom. The molecule has 2 N–H and O–H groups in total. The van der Waals surface area contributed by atoms with Crippen molar-refractivity contribution in [2.24, 2.45) is 11.8 Å². The molecule has 0 saturated carbocycles. The number of hydrogen-bond donors (Lipinski definition) is 2. The van der Waals surface area contributed by atoms with Crippen molar-refractivity contribution in [1.29, 1.82) is 0 Å². The van der Waals surface area contributed by atoms with E-state index >= 15 is 0 Å². The van der Waals surface area contributed by atoms with Gasteiger partial charge in [-0.05, 0) is 37.9 Å². The highest BCUT2D eigenvalue weighted by Gasteiger charge is 2.37. The molecule has 0 bridgehead atoms. The number of nitrogens with one attached hydrogen (secondary N) is 2. The van der Waals surface area contributed by atoms with Gasteiger partial charge in [-0.3, -0.25) is 0 Å². The van der Waals surface area contributed by atoms with Crippen molar-refractivity contribution in [2.45, 2.75) is 19.4 Å². The smallest absolute Gasteiger partial charge is 0.0109 e. The largest absolute Gasteiger partial charge is 0.316 e. The van der Waals surface area contributed by atoms with Gasteiger partial charge in [0.1, 0.15) is 0 Å². The predicted octanol–water partition coefficient (Wildman–Crippen LogP) is 0.204. The Morgan fingerprint density at radius 3 is 3.00 bits per heavy atom. The molecule has 0 aromatic rings. The van der Waals surface area contributed by atoms with Crippen LogP contribution < -0.4 is 10.6 Å². The first-order valence-electron chi connectivity index (χ1n) is 4.36. The molecule has 3 atom stereocenters. The number of rotatable bonds is 1. The van der Waals surface area contributed by atoms with E-state index in [2.05, 4.69) is 17.6 Å². The van der Waals surface area contributed by atoms with Crippen molar-refractivity contribution in [3.63, 3.8) is 0 Å². The van der Waals surface area contributed by atoms with Crippen molar-refractivity contribution < 1.29 is 0 Å². The van der Waals surface area contributed by atoms with E-state index in [1.165, 1.54) is 26.1 Å². The molecule has 2 rings (SSSR count). The summed E-state index contributed by atoms with van der Waals surface area (Å²) < 4.78 is 0. The summed E-state index contributed by atoms with van der Waals surface area (Å²) in [5.74, 6) is 1.87. The molecule has 2 fully saturated rings. The minimum absolute atomic E-state index is 0.806. The second kappa shape index (κ2) is 2.51. The van der Waals surface area contributed by atoms with Crippen LogP contribution in [0.1, 0.15) is 13.3 Å². The Hall–Kier alpha value is -0.0800. The fourth-order valence-corrected chi connectivity index (χ4v) is 2.35. The summed E-state index contributed by atoms with van der Waals surface area (Å²) >= 11 is 0. The zero-order valence-corrected chi connectivity index (χ0v) is 6.56. The third-order valence-electron chi connectivity index (χ3n) is 2.99. The fraction of sp³-hybridized carbons (Fsp3) is 1.00. The molecule has 2 aliphatic rings. The van der Waals surface area contributed by atoms with Gasteiger partial charge in [-0.1, -0.05) is 6.92 Å². The molecule has 0 aromatic carbocycles. The molecule has 0 aromatic heterocycles. The van der Waals surface area contributed by atoms with Gasteiger partial charge in [-0.2, -0.15) is 0 Å². The van der Waals surface area contributed by atoms with Gasteiger partial charge in [0.15, 0.2) is 0 Å². The third kappa shape index (κ3) is 0.867. The highest BCUT2D eigenvalue weighted by atomic mass is 15.0. The van der Waals surface area contributed by atoms with Crippen LogP contribution in [0, 0.1) is 11.8 Å². The van der Waals surface area contributed by atoms with Gasteiger partial charge in [0.2, 0.25) is 0 Å². The van der Waals surface area contributed by atoms with E-state index in [-0.39, 0.29) is 0 Å². The molecule has 2 saturated heterocycles. The van der Waals surface area contributed by atoms with Gasteiger partial charge in [0.25, 0.3) is 0 Å². The van der Waals surface area contributed by atoms with Gasteiger partial charge in [-0.25, -0.2) is 0 Å². The van der Waals surface area contributed by atoms with Crippen molar-refractivity contribution in [3.8, 4) is 0 Å². The average Bonchev–Trinajstić information content (AvgIpc) is 2.44. The van der Waals surface area contributed by atoms with Crippen LogP contribution in [0.5, 0.6) is 0 Å². The highest BCUT2D eigenvalue weighted by molar-refractivity contribution is 4.95. The monoisotopic (exact) mass is 140 g/mol. The highest BCUT2D eigenvalue weighted by Crippen LogP contribution is 2.26. The maximum atomic E-state index is 3.57. The Kier molecular flexibility index (Phi) is 1.66. The van der Waals surface area contributed by atoms with E-state index in [1.807, 2.05) is 0 Å². The quantitative estimate of drug-likeness (QED) is 0.544. The average molecular weight is 140 g/mol. The van der Waals surface area contributed by atoms with Gasteiger partial charge >= 0.3 is 0 Å². The van der Waals surface area contributed by atoms with Crippen LogP contribution in [-0.2, 0) is 0 Å². The molecule has 2 aliphatic heterocycles. The van der Waals surface area contributed by atoms with Crippen LogP contribution in [0.3, 0.4) is 0 Å². The maximum Gasteiger partial charge on any atom is 0.0109 e. The molecule has 0 spiro atoms. The Labute approximate surface area is 62.4 Å². The summed E-state index contributed by atoms with van der Waals surface area (Å²) in [6, 6.07) is 0.806. The van der Waals surface area contributed by atoms with E-state index in [4.69, 9.17) is 0 Å². The van der Waals surface area contributed by atoms with Crippen molar-refractivity contribution in [1.82, 2.24) is 10.6 Å². The zero-order valence-electron chi connectivity index (χ0n) is 6.56. The van der Waals surface area contributed by atoms with Crippen LogP contribution in [0.2, 0.25) is 0 Å². The molecule has 0 aliphatic carbocycles. The standard InChI is InChI=1S/C8H16N2/c1-2-8-7-5-9-3-6(7)4-10-8/h6-10H,2-5H2,1H3. The van der Waals surface area contributed by atoms with Gasteiger partial charge in [0.05, 0.1) is 0 Å². The zero-order chi connectivity index (χ0) is 6.97. The Bertz CT molecular complexity index is 124. The van der Waals surface area contributed by atoms with Crippen LogP contribution in [0.15, 0.2) is 0 Å². The molecule has 0 radical (unpaired) electrons. The molecule has 0 amide bonds. The van der Waals surface area contributed by atoms with Crippen LogP contribution >= 0.6 is 0 Å². The lowest BCUT2D eigenvalue weighted by atomic mass is 9.93. The molecule has 2 nitrogen and oxygen atoms in total. The topological polar surface area (TPSA) is 24.1 Å². The first kappa shape index (κ1) is 6.62. The van der Waals surface area contributed by atoms with Gasteiger partial charge in [0, 0.05) is 6.04 Å². The predicted molar refractivity (Wildman–Crippen MR) is 41.9 cm³/mol. The second-order valence-corrected chi connectivity index (χ2v) is 3.51. The SMILES string of the molecule is CCC1NCC2CNCC21. The molecular formula is C8H16N2. The number of fused-ring (bicyclic) bond motifs is 1. The lowest BCUT2D eigenvalue weighted by molar-refractivity contribution is 0.428. The first-order valence-corrected chi connectivity index (χ1v) is 4.36. The molecule has 2 heteroatoms. The molecule has 3 unspecified atom stereocenters. The molecule has 2 heterocycles. The fourth-order valence-electron chi connectivity index (χ4n) is 2.35. The third-order valence-corrected chi connectivity index (χ3v) is 2.99. The molecule has 58 valence electrons. The maximum absolute atomic E-state index is 3.57. The van der Waals surface area contributed by atoms with Crippen LogP contribution in [0.25, 0.3) is 0 Å². The first-order chi connectivity index (χ1) is 4.92. The van der Waals surface area contributed by atoms with Crippen LogP contribution in [-0.4, -0.2) is 25.7 Å². The van der Waals surface area contributed by atoms with Crippen molar-refractivity contribution >= 4 is 0 Å². The Balaban J connectivity index is 2.01. The lowest BCUT2D eigenvalue weighted by Gasteiger charge is -2.14. The summed E-state index contributed by atoms with van der Waals surface area (Å²) in [5, 5.41) is 7.02. The van der Waals surface area contributed by atoms with Crippen molar-refractivity contribution in [3.05, 3.63) is 0 Å². The van der Waals surface area contributed by atoms with Crippen LogP contribution in [0.4, 0.5) is 0 Å². The number of hydrogen-bond acceptors (Lipinski definition) is 2. The minimum Gasteiger partial charge on any atom is -0.316 e. The summed E-state index contributed by atoms with van der Waals surface area (Å²) in [7, 11) is 0. The van der Waals surface area contributed by atoms with E-state index in [1.54, 1.807) is 0 Å². The van der Waals surface area contributed by atoms with E-state index < -0.39 is 0 Å². The van der Waals surface area contributed by atoms with Gasteiger partial charge in [-0.15, -0.1) is 0 Å². The summed E-state index contributed by atoms with van der Waals surface area (Å²) in [6.07, 6.45) is 1.29.